The van der Waals surface area contributed by atoms with Gasteiger partial charge in [0.05, 0.1) is 20.6 Å². The summed E-state index contributed by atoms with van der Waals surface area (Å²) in [6.45, 7) is 6.73. The van der Waals surface area contributed by atoms with Crippen LogP contribution in [0.2, 0.25) is 0 Å². The van der Waals surface area contributed by atoms with Gasteiger partial charge in [0.15, 0.2) is 0 Å². The molecule has 0 N–H and O–H groups in total. The molecule has 0 aliphatic carbocycles. The Morgan fingerprint density at radius 1 is 0.800 bits per heavy atom. The van der Waals surface area contributed by atoms with Gasteiger partial charge in [0.1, 0.15) is 6.61 Å². The van der Waals surface area contributed by atoms with Gasteiger partial charge in [-0.1, -0.05) is 64.7 Å². The molecule has 0 aromatic heterocycles. The highest BCUT2D eigenvalue weighted by Crippen LogP contribution is 2.35. The van der Waals surface area contributed by atoms with E-state index in [-0.39, 0.29) is 5.72 Å². The van der Waals surface area contributed by atoms with Gasteiger partial charge in [-0.05, 0) is 12.8 Å². The van der Waals surface area contributed by atoms with E-state index in [2.05, 4.69) is 27.9 Å². The number of hydrogen-bond acceptors (Lipinski definition) is 1. The first-order valence-corrected chi connectivity index (χ1v) is 8.99. The van der Waals surface area contributed by atoms with E-state index in [4.69, 9.17) is 4.74 Å². The smallest absolute Gasteiger partial charge is 0.224 e. The van der Waals surface area contributed by atoms with Gasteiger partial charge in [0.25, 0.3) is 0 Å². The number of unbranched alkanes of at least 4 members (excludes halogenated alkanes) is 10. The molecule has 1 rings (SSSR count). The SMILES string of the molecule is CCCCCCCCCCCCC[N+](C)(C)C1(C)CO1. The Morgan fingerprint density at radius 2 is 1.20 bits per heavy atom. The molecule has 1 atom stereocenters. The van der Waals surface area contributed by atoms with E-state index in [1.54, 1.807) is 0 Å². The van der Waals surface area contributed by atoms with E-state index < -0.39 is 0 Å². The van der Waals surface area contributed by atoms with Gasteiger partial charge in [-0.25, -0.2) is 0 Å². The third kappa shape index (κ3) is 6.58. The van der Waals surface area contributed by atoms with Gasteiger partial charge in [-0.2, -0.15) is 0 Å². The number of ether oxygens (including phenoxy) is 1. The molecule has 0 aromatic rings. The molecule has 1 unspecified atom stereocenters. The van der Waals surface area contributed by atoms with Gasteiger partial charge in [0.2, 0.25) is 5.72 Å². The van der Waals surface area contributed by atoms with Crippen LogP contribution in [-0.2, 0) is 4.74 Å². The largest absolute Gasteiger partial charge is 0.316 e. The summed E-state index contributed by atoms with van der Waals surface area (Å²) < 4.78 is 6.62. The second-order valence-corrected chi connectivity index (χ2v) is 7.41. The summed E-state index contributed by atoms with van der Waals surface area (Å²) in [6.07, 6.45) is 15.7. The van der Waals surface area contributed by atoms with Crippen LogP contribution in [0.1, 0.15) is 84.5 Å². The molecule has 20 heavy (non-hydrogen) atoms. The molecule has 2 nitrogen and oxygen atoms in total. The Hall–Kier alpha value is -0.0800. The molecule has 1 fully saturated rings. The number of quaternary nitrogens is 1. The minimum atomic E-state index is 0.124. The normalized spacial score (nSPS) is 22.2. The topological polar surface area (TPSA) is 12.5 Å². The predicted molar refractivity (Wildman–Crippen MR) is 87.8 cm³/mol. The Labute approximate surface area is 127 Å². The fourth-order valence-corrected chi connectivity index (χ4v) is 2.86. The van der Waals surface area contributed by atoms with Crippen LogP contribution in [0.3, 0.4) is 0 Å². The molecular weight excluding hydrogens is 246 g/mol. The maximum absolute atomic E-state index is 5.58. The lowest BCUT2D eigenvalue weighted by molar-refractivity contribution is -0.935. The van der Waals surface area contributed by atoms with E-state index in [0.717, 1.165) is 11.1 Å². The van der Waals surface area contributed by atoms with Crippen molar-refractivity contribution in [1.29, 1.82) is 0 Å². The van der Waals surface area contributed by atoms with Crippen molar-refractivity contribution in [3.05, 3.63) is 0 Å². The van der Waals surface area contributed by atoms with Crippen molar-refractivity contribution in [3.63, 3.8) is 0 Å². The average molecular weight is 285 g/mol. The Morgan fingerprint density at radius 3 is 1.60 bits per heavy atom. The highest BCUT2D eigenvalue weighted by atomic mass is 16.6. The fourth-order valence-electron chi connectivity index (χ4n) is 2.86. The number of hydrogen-bond donors (Lipinski definition) is 0. The molecule has 1 saturated heterocycles. The van der Waals surface area contributed by atoms with Gasteiger partial charge in [0, 0.05) is 6.92 Å². The van der Waals surface area contributed by atoms with Crippen molar-refractivity contribution in [2.75, 3.05) is 27.2 Å². The molecule has 1 aliphatic rings. The molecule has 0 aromatic carbocycles. The van der Waals surface area contributed by atoms with Crippen LogP contribution in [0.4, 0.5) is 0 Å². The summed E-state index contributed by atoms with van der Waals surface area (Å²) in [5, 5.41) is 0. The third-order valence-electron chi connectivity index (χ3n) is 5.16. The van der Waals surface area contributed by atoms with Crippen LogP contribution in [0.5, 0.6) is 0 Å². The number of likely N-dealkylation sites (N-methyl/N-ethyl adjacent to an activating group) is 1. The van der Waals surface area contributed by atoms with Crippen molar-refractivity contribution in [2.24, 2.45) is 0 Å². The Balaban J connectivity index is 1.83. The van der Waals surface area contributed by atoms with Crippen molar-refractivity contribution < 1.29 is 9.22 Å². The summed E-state index contributed by atoms with van der Waals surface area (Å²) in [6, 6.07) is 0. The van der Waals surface area contributed by atoms with Crippen LogP contribution in [-0.4, -0.2) is 37.5 Å². The maximum Gasteiger partial charge on any atom is 0.224 e. The molecule has 0 amide bonds. The molecule has 1 heterocycles. The number of epoxide rings is 1. The number of nitrogens with zero attached hydrogens (tertiary/aromatic N) is 1. The summed E-state index contributed by atoms with van der Waals surface area (Å²) >= 11 is 0. The van der Waals surface area contributed by atoms with Crippen LogP contribution >= 0.6 is 0 Å². The summed E-state index contributed by atoms with van der Waals surface area (Å²) in [5.41, 5.74) is 0.124. The quantitative estimate of drug-likeness (QED) is 0.260. The molecule has 120 valence electrons. The molecule has 1 aliphatic heterocycles. The van der Waals surface area contributed by atoms with Crippen molar-refractivity contribution in [3.8, 4) is 0 Å². The predicted octanol–water partition coefficient (Wildman–Crippen LogP) is 5.12. The van der Waals surface area contributed by atoms with Crippen LogP contribution in [0.25, 0.3) is 0 Å². The summed E-state index contributed by atoms with van der Waals surface area (Å²) in [4.78, 5) is 0. The monoisotopic (exact) mass is 284 g/mol. The molecule has 2 heteroatoms. The van der Waals surface area contributed by atoms with Gasteiger partial charge in [-0.15, -0.1) is 0 Å². The van der Waals surface area contributed by atoms with Gasteiger partial charge >= 0.3 is 0 Å². The van der Waals surface area contributed by atoms with Crippen LogP contribution in [0, 0.1) is 0 Å². The third-order valence-corrected chi connectivity index (χ3v) is 5.16. The molecule has 0 spiro atoms. The van der Waals surface area contributed by atoms with Crippen LogP contribution < -0.4 is 0 Å². The highest BCUT2D eigenvalue weighted by Gasteiger charge is 2.53. The van der Waals surface area contributed by atoms with Gasteiger partial charge < -0.3 is 4.74 Å². The average Bonchev–Trinajstić information content (AvgIpc) is 3.16. The van der Waals surface area contributed by atoms with E-state index in [0.29, 0.717) is 0 Å². The second-order valence-electron chi connectivity index (χ2n) is 7.41. The maximum atomic E-state index is 5.58. The van der Waals surface area contributed by atoms with Crippen molar-refractivity contribution in [1.82, 2.24) is 0 Å². The molecule has 0 bridgehead atoms. The fraction of sp³-hybridized carbons (Fsp3) is 1.00. The summed E-state index contributed by atoms with van der Waals surface area (Å²) in [7, 11) is 4.62. The zero-order chi connectivity index (χ0) is 14.9. The molecular formula is C18H38NO+. The van der Waals surface area contributed by atoms with Crippen molar-refractivity contribution in [2.45, 2.75) is 90.2 Å². The first-order valence-electron chi connectivity index (χ1n) is 8.99. The first kappa shape index (κ1) is 18.0. The standard InChI is InChI=1S/C18H38NO/c1-5-6-7-8-9-10-11-12-13-14-15-16-19(3,4)18(2)17-20-18/h5-17H2,1-4H3/q+1. The number of rotatable bonds is 13. The lowest BCUT2D eigenvalue weighted by Gasteiger charge is -2.33. The zero-order valence-corrected chi connectivity index (χ0v) is 14.5. The molecule has 0 radical (unpaired) electrons. The van der Waals surface area contributed by atoms with E-state index in [1.165, 1.54) is 77.2 Å². The lowest BCUT2D eigenvalue weighted by atomic mass is 10.1. The highest BCUT2D eigenvalue weighted by molar-refractivity contribution is 4.75. The van der Waals surface area contributed by atoms with E-state index in [9.17, 15) is 0 Å². The summed E-state index contributed by atoms with van der Waals surface area (Å²) in [5.74, 6) is 0. The lowest BCUT2D eigenvalue weighted by Crippen LogP contribution is -2.50. The van der Waals surface area contributed by atoms with Crippen LogP contribution in [0.15, 0.2) is 0 Å². The Kier molecular flexibility index (Phi) is 8.13. The first-order chi connectivity index (χ1) is 9.52. The van der Waals surface area contributed by atoms with E-state index >= 15 is 0 Å². The van der Waals surface area contributed by atoms with Crippen molar-refractivity contribution >= 4 is 0 Å². The van der Waals surface area contributed by atoms with E-state index in [1.807, 2.05) is 0 Å². The second kappa shape index (κ2) is 9.04. The minimum absolute atomic E-state index is 0.124. The minimum Gasteiger partial charge on any atom is -0.316 e. The molecule has 0 saturated carbocycles. The van der Waals surface area contributed by atoms with Gasteiger partial charge in [-0.3, -0.25) is 4.48 Å². The zero-order valence-electron chi connectivity index (χ0n) is 14.5. The Bertz CT molecular complexity index is 246.